The fourth-order valence-corrected chi connectivity index (χ4v) is 2.46. The quantitative estimate of drug-likeness (QED) is 0.841. The lowest BCUT2D eigenvalue weighted by Gasteiger charge is -2.20. The van der Waals surface area contributed by atoms with E-state index in [9.17, 15) is 5.11 Å². The number of benzene rings is 2. The van der Waals surface area contributed by atoms with Crippen LogP contribution in [-0.2, 0) is 0 Å². The molecule has 0 fully saturated rings. The lowest BCUT2D eigenvalue weighted by molar-refractivity contribution is 0.218. The van der Waals surface area contributed by atoms with Crippen LogP contribution in [0.3, 0.4) is 0 Å². The highest BCUT2D eigenvalue weighted by molar-refractivity contribution is 5.47. The fraction of sp³-hybridized carbons (Fsp3) is 0.294. The molecule has 0 saturated heterocycles. The molecule has 0 bridgehead atoms. The summed E-state index contributed by atoms with van der Waals surface area (Å²) in [6, 6.07) is 12.0. The zero-order valence-corrected chi connectivity index (χ0v) is 11.5. The van der Waals surface area contributed by atoms with E-state index in [-0.39, 0.29) is 0 Å². The molecule has 0 radical (unpaired) electrons. The molecule has 0 heterocycles. The van der Waals surface area contributed by atoms with Crippen molar-refractivity contribution in [2.45, 2.75) is 33.8 Å². The maximum absolute atomic E-state index is 10.6. The molecule has 0 aliphatic rings. The van der Waals surface area contributed by atoms with Crippen LogP contribution in [0.4, 0.5) is 0 Å². The summed E-state index contributed by atoms with van der Waals surface area (Å²) >= 11 is 0. The standard InChI is InChI=1S/C17H20O/c1-11-10-12(2)14(4)16(13(11)3)17(18)15-8-6-5-7-9-15/h5-10,17-18H,1-4H3. The number of aryl methyl sites for hydroxylation is 2. The molecule has 2 aromatic carbocycles. The predicted molar refractivity (Wildman–Crippen MR) is 75.9 cm³/mol. The van der Waals surface area contributed by atoms with E-state index >= 15 is 0 Å². The van der Waals surface area contributed by atoms with Gasteiger partial charge in [-0.25, -0.2) is 0 Å². The monoisotopic (exact) mass is 240 g/mol. The van der Waals surface area contributed by atoms with Gasteiger partial charge in [-0.15, -0.1) is 0 Å². The first-order chi connectivity index (χ1) is 8.52. The van der Waals surface area contributed by atoms with Crippen LogP contribution in [0.2, 0.25) is 0 Å². The minimum Gasteiger partial charge on any atom is -0.384 e. The van der Waals surface area contributed by atoms with Crippen molar-refractivity contribution in [1.29, 1.82) is 0 Å². The molecule has 0 aliphatic heterocycles. The summed E-state index contributed by atoms with van der Waals surface area (Å²) in [4.78, 5) is 0. The summed E-state index contributed by atoms with van der Waals surface area (Å²) in [6.07, 6.45) is -0.537. The largest absolute Gasteiger partial charge is 0.384 e. The Balaban J connectivity index is 2.58. The zero-order chi connectivity index (χ0) is 13.3. The molecule has 0 aliphatic carbocycles. The van der Waals surface area contributed by atoms with Gasteiger partial charge in [-0.2, -0.15) is 0 Å². The van der Waals surface area contributed by atoms with Gasteiger partial charge in [-0.05, 0) is 61.1 Å². The summed E-state index contributed by atoms with van der Waals surface area (Å²) in [5.74, 6) is 0. The number of rotatable bonds is 2. The van der Waals surface area contributed by atoms with Gasteiger partial charge in [0.05, 0.1) is 0 Å². The van der Waals surface area contributed by atoms with Crippen LogP contribution in [0.5, 0.6) is 0 Å². The normalized spacial score (nSPS) is 12.5. The first kappa shape index (κ1) is 12.8. The second kappa shape index (κ2) is 4.95. The van der Waals surface area contributed by atoms with Crippen molar-refractivity contribution in [3.63, 3.8) is 0 Å². The average Bonchev–Trinajstić information content (AvgIpc) is 2.37. The molecule has 0 spiro atoms. The van der Waals surface area contributed by atoms with E-state index in [4.69, 9.17) is 0 Å². The second-order valence-electron chi connectivity index (χ2n) is 4.99. The molecule has 1 atom stereocenters. The van der Waals surface area contributed by atoms with Crippen molar-refractivity contribution < 1.29 is 5.11 Å². The predicted octanol–water partition coefficient (Wildman–Crippen LogP) is 4.00. The van der Waals surface area contributed by atoms with Gasteiger partial charge in [0, 0.05) is 0 Å². The van der Waals surface area contributed by atoms with Crippen LogP contribution >= 0.6 is 0 Å². The molecule has 2 rings (SSSR count). The molecule has 0 saturated carbocycles. The highest BCUT2D eigenvalue weighted by Gasteiger charge is 2.17. The summed E-state index contributed by atoms with van der Waals surface area (Å²) in [6.45, 7) is 8.37. The molecule has 18 heavy (non-hydrogen) atoms. The molecule has 1 unspecified atom stereocenters. The van der Waals surface area contributed by atoms with E-state index in [2.05, 4.69) is 33.8 Å². The van der Waals surface area contributed by atoms with Crippen molar-refractivity contribution in [3.8, 4) is 0 Å². The molecule has 0 amide bonds. The third-order valence-electron chi connectivity index (χ3n) is 3.81. The SMILES string of the molecule is Cc1cc(C)c(C)c(C(O)c2ccccc2)c1C. The van der Waals surface area contributed by atoms with Gasteiger partial charge in [0.25, 0.3) is 0 Å². The molecule has 0 aromatic heterocycles. The Morgan fingerprint density at radius 1 is 0.833 bits per heavy atom. The van der Waals surface area contributed by atoms with Crippen molar-refractivity contribution in [2.75, 3.05) is 0 Å². The van der Waals surface area contributed by atoms with Gasteiger partial charge in [-0.1, -0.05) is 36.4 Å². The van der Waals surface area contributed by atoms with Crippen LogP contribution in [0, 0.1) is 27.7 Å². The number of hydrogen-bond acceptors (Lipinski definition) is 1. The Labute approximate surface area is 109 Å². The van der Waals surface area contributed by atoms with Crippen LogP contribution in [-0.4, -0.2) is 5.11 Å². The van der Waals surface area contributed by atoms with Gasteiger partial charge in [0.2, 0.25) is 0 Å². The van der Waals surface area contributed by atoms with Crippen LogP contribution in [0.1, 0.15) is 39.5 Å². The topological polar surface area (TPSA) is 20.2 Å². The summed E-state index contributed by atoms with van der Waals surface area (Å²) in [5.41, 5.74) is 6.86. The van der Waals surface area contributed by atoms with Crippen molar-refractivity contribution in [1.82, 2.24) is 0 Å². The summed E-state index contributed by atoms with van der Waals surface area (Å²) in [7, 11) is 0. The fourth-order valence-electron chi connectivity index (χ4n) is 2.46. The van der Waals surface area contributed by atoms with Crippen molar-refractivity contribution in [3.05, 3.63) is 69.8 Å². The Bertz CT molecular complexity index is 529. The van der Waals surface area contributed by atoms with Crippen molar-refractivity contribution in [2.24, 2.45) is 0 Å². The van der Waals surface area contributed by atoms with Crippen molar-refractivity contribution >= 4 is 0 Å². The van der Waals surface area contributed by atoms with Gasteiger partial charge in [0.1, 0.15) is 6.10 Å². The molecule has 1 nitrogen and oxygen atoms in total. The third kappa shape index (κ3) is 2.19. The van der Waals surface area contributed by atoms with E-state index in [1.165, 1.54) is 22.3 Å². The zero-order valence-electron chi connectivity index (χ0n) is 11.5. The molecule has 2 aromatic rings. The first-order valence-corrected chi connectivity index (χ1v) is 6.32. The average molecular weight is 240 g/mol. The van der Waals surface area contributed by atoms with E-state index in [1.54, 1.807) is 0 Å². The summed E-state index contributed by atoms with van der Waals surface area (Å²) < 4.78 is 0. The first-order valence-electron chi connectivity index (χ1n) is 6.32. The Kier molecular flexibility index (Phi) is 3.53. The molecule has 1 N–H and O–H groups in total. The number of aliphatic hydroxyl groups excluding tert-OH is 1. The van der Waals surface area contributed by atoms with E-state index in [0.29, 0.717) is 0 Å². The van der Waals surface area contributed by atoms with Gasteiger partial charge in [0.15, 0.2) is 0 Å². The molecule has 94 valence electrons. The lowest BCUT2D eigenvalue weighted by Crippen LogP contribution is -2.07. The maximum Gasteiger partial charge on any atom is 0.105 e. The lowest BCUT2D eigenvalue weighted by atomic mass is 9.88. The van der Waals surface area contributed by atoms with E-state index < -0.39 is 6.10 Å². The van der Waals surface area contributed by atoms with Crippen LogP contribution < -0.4 is 0 Å². The Morgan fingerprint density at radius 3 is 1.83 bits per heavy atom. The van der Waals surface area contributed by atoms with E-state index in [0.717, 1.165) is 11.1 Å². The van der Waals surface area contributed by atoms with Crippen LogP contribution in [0.25, 0.3) is 0 Å². The number of hydrogen-bond donors (Lipinski definition) is 1. The third-order valence-corrected chi connectivity index (χ3v) is 3.81. The second-order valence-corrected chi connectivity index (χ2v) is 4.99. The highest BCUT2D eigenvalue weighted by Crippen LogP contribution is 2.31. The number of aliphatic hydroxyl groups is 1. The Morgan fingerprint density at radius 2 is 1.33 bits per heavy atom. The Hall–Kier alpha value is -1.60. The minimum atomic E-state index is -0.537. The highest BCUT2D eigenvalue weighted by atomic mass is 16.3. The van der Waals surface area contributed by atoms with Gasteiger partial charge >= 0.3 is 0 Å². The summed E-state index contributed by atoms with van der Waals surface area (Å²) in [5, 5.41) is 10.6. The molecular formula is C17H20O. The molecular weight excluding hydrogens is 220 g/mol. The molecule has 1 heteroatoms. The maximum atomic E-state index is 10.6. The smallest absolute Gasteiger partial charge is 0.105 e. The van der Waals surface area contributed by atoms with Gasteiger partial charge < -0.3 is 5.11 Å². The van der Waals surface area contributed by atoms with E-state index in [1.807, 2.05) is 30.3 Å². The van der Waals surface area contributed by atoms with Crippen LogP contribution in [0.15, 0.2) is 36.4 Å². The van der Waals surface area contributed by atoms with Gasteiger partial charge in [-0.3, -0.25) is 0 Å². The minimum absolute atomic E-state index is 0.537.